The molecule has 0 saturated carbocycles. The van der Waals surface area contributed by atoms with Crippen LogP contribution in [0.15, 0.2) is 30.3 Å². The Bertz CT molecular complexity index is 531. The maximum absolute atomic E-state index is 12.0. The van der Waals surface area contributed by atoms with Crippen LogP contribution < -0.4 is 0 Å². The van der Waals surface area contributed by atoms with Crippen molar-refractivity contribution in [2.45, 2.75) is 115 Å². The summed E-state index contributed by atoms with van der Waals surface area (Å²) in [5.74, 6) is 0.146. The van der Waals surface area contributed by atoms with Gasteiger partial charge in [-0.05, 0) is 18.4 Å². The number of carbonyl (C=O) groups excluding carboxylic acids is 1. The molecule has 3 nitrogen and oxygen atoms in total. The lowest BCUT2D eigenvalue weighted by molar-refractivity contribution is -0.185. The number of amides is 1. The molecule has 2 atom stereocenters. The van der Waals surface area contributed by atoms with E-state index in [1.807, 2.05) is 18.2 Å². The lowest BCUT2D eigenvalue weighted by Gasteiger charge is -2.37. The van der Waals surface area contributed by atoms with E-state index in [4.69, 9.17) is 0 Å². The molecule has 1 fully saturated rings. The minimum absolute atomic E-state index is 0.0632. The lowest BCUT2D eigenvalue weighted by atomic mass is 9.82. The van der Waals surface area contributed by atoms with Gasteiger partial charge in [-0.25, -0.2) is 5.06 Å². The number of rotatable bonds is 14. The van der Waals surface area contributed by atoms with Crippen molar-refractivity contribution in [2.75, 3.05) is 0 Å². The maximum atomic E-state index is 12.0. The van der Waals surface area contributed by atoms with Gasteiger partial charge in [-0.15, -0.1) is 0 Å². The van der Waals surface area contributed by atoms with Crippen molar-refractivity contribution in [1.29, 1.82) is 0 Å². The Morgan fingerprint density at radius 2 is 1.39 bits per heavy atom. The van der Waals surface area contributed by atoms with Crippen molar-refractivity contribution in [3.05, 3.63) is 35.9 Å². The van der Waals surface area contributed by atoms with Crippen LogP contribution in [0, 0.1) is 0 Å². The Hall–Kier alpha value is -1.35. The molecule has 1 aliphatic rings. The third kappa shape index (κ3) is 7.95. The zero-order valence-corrected chi connectivity index (χ0v) is 18.0. The highest BCUT2D eigenvalue weighted by molar-refractivity contribution is 5.76. The van der Waals surface area contributed by atoms with Crippen molar-refractivity contribution >= 4 is 5.91 Å². The van der Waals surface area contributed by atoms with Gasteiger partial charge in [0.1, 0.15) is 0 Å². The average Bonchev–Trinajstić information content (AvgIpc) is 2.72. The zero-order chi connectivity index (χ0) is 20.0. The monoisotopic (exact) mass is 387 g/mol. The van der Waals surface area contributed by atoms with Gasteiger partial charge in [0, 0.05) is 12.3 Å². The Morgan fingerprint density at radius 3 is 1.96 bits per heavy atom. The van der Waals surface area contributed by atoms with Gasteiger partial charge in [0.15, 0.2) is 0 Å². The first-order valence-corrected chi connectivity index (χ1v) is 11.8. The smallest absolute Gasteiger partial charge is 0.246 e. The van der Waals surface area contributed by atoms with Crippen LogP contribution in [-0.4, -0.2) is 22.2 Å². The Balaban J connectivity index is 1.60. The van der Waals surface area contributed by atoms with Gasteiger partial charge in [-0.3, -0.25) is 10.0 Å². The van der Waals surface area contributed by atoms with Gasteiger partial charge in [0.25, 0.3) is 0 Å². The van der Waals surface area contributed by atoms with Crippen molar-refractivity contribution in [1.82, 2.24) is 5.06 Å². The van der Waals surface area contributed by atoms with Crippen LogP contribution in [-0.2, 0) is 4.79 Å². The summed E-state index contributed by atoms with van der Waals surface area (Å²) in [6, 6.07) is 10.3. The molecule has 0 aromatic heterocycles. The van der Waals surface area contributed by atoms with Crippen molar-refractivity contribution < 1.29 is 10.0 Å². The molecule has 0 radical (unpaired) electrons. The molecule has 3 heteroatoms. The summed E-state index contributed by atoms with van der Waals surface area (Å²) < 4.78 is 0. The standard InChI is InChI=1S/C25H41NO2/c1-2-3-4-5-6-7-8-9-10-11-12-16-19-24-23(20-21-25(27)26(24)28)22-17-14-13-15-18-22/h13-15,17-18,23-24,28H,2-12,16,19-21H2,1H3/t23-,24+/m1/s1. The number of carbonyl (C=O) groups is 1. The summed E-state index contributed by atoms with van der Waals surface area (Å²) in [7, 11) is 0. The molecular formula is C25H41NO2. The van der Waals surface area contributed by atoms with Gasteiger partial charge in [-0.2, -0.15) is 0 Å². The van der Waals surface area contributed by atoms with Crippen LogP contribution in [0.5, 0.6) is 0 Å². The fourth-order valence-electron chi connectivity index (χ4n) is 4.55. The van der Waals surface area contributed by atoms with Crippen molar-refractivity contribution in [2.24, 2.45) is 0 Å². The third-order valence-corrected chi connectivity index (χ3v) is 6.28. The molecule has 2 rings (SSSR count). The molecule has 1 amide bonds. The average molecular weight is 388 g/mol. The molecule has 28 heavy (non-hydrogen) atoms. The summed E-state index contributed by atoms with van der Waals surface area (Å²) in [5.41, 5.74) is 1.25. The second-order valence-electron chi connectivity index (χ2n) is 8.54. The first-order valence-electron chi connectivity index (χ1n) is 11.8. The fraction of sp³-hybridized carbons (Fsp3) is 0.720. The Kier molecular flexibility index (Phi) is 11.3. The van der Waals surface area contributed by atoms with Crippen molar-refractivity contribution in [3.8, 4) is 0 Å². The number of hydrogen-bond donors (Lipinski definition) is 1. The first kappa shape index (κ1) is 22.9. The maximum Gasteiger partial charge on any atom is 0.246 e. The molecule has 1 N–H and O–H groups in total. The van der Waals surface area contributed by atoms with E-state index in [2.05, 4.69) is 19.1 Å². The number of hydroxylamine groups is 2. The van der Waals surface area contributed by atoms with E-state index in [0.29, 0.717) is 6.42 Å². The number of hydrogen-bond acceptors (Lipinski definition) is 2. The Morgan fingerprint density at radius 1 is 0.857 bits per heavy atom. The number of nitrogens with zero attached hydrogens (tertiary/aromatic N) is 1. The largest absolute Gasteiger partial charge is 0.286 e. The number of unbranched alkanes of at least 4 members (excludes halogenated alkanes) is 11. The van der Waals surface area contributed by atoms with Crippen LogP contribution in [0.4, 0.5) is 0 Å². The highest BCUT2D eigenvalue weighted by atomic mass is 16.5. The van der Waals surface area contributed by atoms with Crippen LogP contribution >= 0.6 is 0 Å². The predicted octanol–water partition coefficient (Wildman–Crippen LogP) is 7.24. The van der Waals surface area contributed by atoms with Crippen LogP contribution in [0.25, 0.3) is 0 Å². The zero-order valence-electron chi connectivity index (χ0n) is 18.0. The van der Waals surface area contributed by atoms with Gasteiger partial charge in [0.05, 0.1) is 6.04 Å². The molecule has 0 aliphatic carbocycles. The normalized spacial score (nSPS) is 19.9. The summed E-state index contributed by atoms with van der Waals surface area (Å²) >= 11 is 0. The van der Waals surface area contributed by atoms with Crippen molar-refractivity contribution in [3.63, 3.8) is 0 Å². The van der Waals surface area contributed by atoms with E-state index >= 15 is 0 Å². The molecule has 0 spiro atoms. The minimum atomic E-state index is -0.115. The number of benzene rings is 1. The summed E-state index contributed by atoms with van der Waals surface area (Å²) in [5, 5.41) is 11.4. The van der Waals surface area contributed by atoms with Crippen LogP contribution in [0.3, 0.4) is 0 Å². The fourth-order valence-corrected chi connectivity index (χ4v) is 4.55. The summed E-state index contributed by atoms with van der Waals surface area (Å²) in [4.78, 5) is 12.0. The Labute approximate surface area is 172 Å². The molecule has 1 saturated heterocycles. The highest BCUT2D eigenvalue weighted by Gasteiger charge is 2.35. The topological polar surface area (TPSA) is 40.5 Å². The van der Waals surface area contributed by atoms with Gasteiger partial charge < -0.3 is 0 Å². The molecule has 1 aromatic carbocycles. The molecule has 0 unspecified atom stereocenters. The molecule has 1 heterocycles. The molecule has 158 valence electrons. The first-order chi connectivity index (χ1) is 13.7. The molecule has 1 aromatic rings. The molecular weight excluding hydrogens is 346 g/mol. The number of piperidine rings is 1. The summed E-state index contributed by atoms with van der Waals surface area (Å²) in [6.07, 6.45) is 18.2. The van der Waals surface area contributed by atoms with Gasteiger partial charge >= 0.3 is 0 Å². The van der Waals surface area contributed by atoms with E-state index < -0.39 is 0 Å². The second-order valence-corrected chi connectivity index (χ2v) is 8.54. The van der Waals surface area contributed by atoms with Crippen LogP contribution in [0.1, 0.15) is 115 Å². The van der Waals surface area contributed by atoms with E-state index in [-0.39, 0.29) is 17.9 Å². The van der Waals surface area contributed by atoms with E-state index in [0.717, 1.165) is 24.3 Å². The third-order valence-electron chi connectivity index (χ3n) is 6.28. The summed E-state index contributed by atoms with van der Waals surface area (Å²) in [6.45, 7) is 2.27. The molecule has 1 aliphatic heterocycles. The highest BCUT2D eigenvalue weighted by Crippen LogP contribution is 2.35. The minimum Gasteiger partial charge on any atom is -0.286 e. The van der Waals surface area contributed by atoms with E-state index in [1.54, 1.807) is 0 Å². The van der Waals surface area contributed by atoms with E-state index in [1.165, 1.54) is 76.2 Å². The van der Waals surface area contributed by atoms with Gasteiger partial charge in [0.2, 0.25) is 5.91 Å². The second kappa shape index (κ2) is 13.8. The predicted molar refractivity (Wildman–Crippen MR) is 117 cm³/mol. The lowest BCUT2D eigenvalue weighted by Crippen LogP contribution is -2.45. The van der Waals surface area contributed by atoms with Gasteiger partial charge in [-0.1, -0.05) is 114 Å². The quantitative estimate of drug-likeness (QED) is 0.270. The van der Waals surface area contributed by atoms with E-state index in [9.17, 15) is 10.0 Å². The molecule has 0 bridgehead atoms. The SMILES string of the molecule is CCCCCCCCCCCCCC[C@H]1[C@@H](c2ccccc2)CCC(=O)N1O. The van der Waals surface area contributed by atoms with Crippen LogP contribution in [0.2, 0.25) is 0 Å².